The van der Waals surface area contributed by atoms with Crippen molar-refractivity contribution >= 4 is 28.8 Å². The highest BCUT2D eigenvalue weighted by Gasteiger charge is 2.09. The summed E-state index contributed by atoms with van der Waals surface area (Å²) in [6.45, 7) is 0. The summed E-state index contributed by atoms with van der Waals surface area (Å²) in [5, 5.41) is 6.98. The molecule has 7 heteroatoms. The van der Waals surface area contributed by atoms with E-state index in [9.17, 15) is 0 Å². The first kappa shape index (κ1) is 14.1. The molecule has 3 aromatic heterocycles. The van der Waals surface area contributed by atoms with Gasteiger partial charge in [0.2, 0.25) is 11.7 Å². The number of aromatic nitrogens is 3. The summed E-state index contributed by atoms with van der Waals surface area (Å²) in [5.74, 6) is 2.31. The number of anilines is 1. The number of nitrogens with two attached hydrogens (primary N) is 1. The molecule has 0 saturated heterocycles. The van der Waals surface area contributed by atoms with Crippen LogP contribution in [0.25, 0.3) is 10.7 Å². The van der Waals surface area contributed by atoms with Gasteiger partial charge in [0.1, 0.15) is 0 Å². The maximum absolute atomic E-state index is 5.60. The SMILES string of the molecule is Nc1ccc(SCCCc2nc(-c3cccs3)no2)nc1. The maximum atomic E-state index is 5.60. The van der Waals surface area contributed by atoms with Crippen LogP contribution in [-0.4, -0.2) is 20.9 Å². The maximum Gasteiger partial charge on any atom is 0.227 e. The van der Waals surface area contributed by atoms with Crippen molar-refractivity contribution in [3.05, 3.63) is 41.7 Å². The lowest BCUT2D eigenvalue weighted by Crippen LogP contribution is -1.90. The van der Waals surface area contributed by atoms with Crippen LogP contribution in [0.3, 0.4) is 0 Å². The van der Waals surface area contributed by atoms with Gasteiger partial charge in [-0.2, -0.15) is 4.98 Å². The van der Waals surface area contributed by atoms with E-state index in [0.29, 0.717) is 17.4 Å². The van der Waals surface area contributed by atoms with Gasteiger partial charge < -0.3 is 10.3 Å². The number of thioether (sulfide) groups is 1. The minimum atomic E-state index is 0.674. The van der Waals surface area contributed by atoms with E-state index >= 15 is 0 Å². The van der Waals surface area contributed by atoms with E-state index in [0.717, 1.165) is 28.5 Å². The second-order valence-electron chi connectivity index (χ2n) is 4.37. The molecule has 21 heavy (non-hydrogen) atoms. The predicted octanol–water partition coefficient (Wildman–Crippen LogP) is 3.50. The number of nitrogen functional groups attached to an aromatic ring is 1. The highest BCUT2D eigenvalue weighted by Crippen LogP contribution is 2.22. The van der Waals surface area contributed by atoms with Crippen LogP contribution in [0.2, 0.25) is 0 Å². The van der Waals surface area contributed by atoms with Gasteiger partial charge in [-0.05, 0) is 35.8 Å². The third-order valence-corrected chi connectivity index (χ3v) is 4.65. The summed E-state index contributed by atoms with van der Waals surface area (Å²) < 4.78 is 5.26. The van der Waals surface area contributed by atoms with E-state index in [1.165, 1.54) is 0 Å². The van der Waals surface area contributed by atoms with E-state index in [1.807, 2.05) is 29.6 Å². The summed E-state index contributed by atoms with van der Waals surface area (Å²) >= 11 is 3.31. The van der Waals surface area contributed by atoms with Gasteiger partial charge in [0.05, 0.1) is 21.8 Å². The number of aryl methyl sites for hydroxylation is 1. The zero-order valence-electron chi connectivity index (χ0n) is 11.2. The van der Waals surface area contributed by atoms with Crippen molar-refractivity contribution in [1.82, 2.24) is 15.1 Å². The van der Waals surface area contributed by atoms with Crippen LogP contribution in [0.4, 0.5) is 5.69 Å². The monoisotopic (exact) mass is 318 g/mol. The standard InChI is InChI=1S/C14H14N4OS2/c15-10-5-6-13(16-9-10)21-8-2-4-12-17-14(18-19-12)11-3-1-7-20-11/h1,3,5-7,9H,2,4,8,15H2. The van der Waals surface area contributed by atoms with Crippen LogP contribution in [-0.2, 0) is 6.42 Å². The van der Waals surface area contributed by atoms with Crippen molar-refractivity contribution in [2.75, 3.05) is 11.5 Å². The van der Waals surface area contributed by atoms with Crippen LogP contribution in [0.1, 0.15) is 12.3 Å². The quantitative estimate of drug-likeness (QED) is 0.553. The third-order valence-electron chi connectivity index (χ3n) is 2.75. The Balaban J connectivity index is 1.46. The minimum Gasteiger partial charge on any atom is -0.397 e. The summed E-state index contributed by atoms with van der Waals surface area (Å²) in [6.07, 6.45) is 3.41. The number of nitrogens with zero attached hydrogens (tertiary/aromatic N) is 3. The van der Waals surface area contributed by atoms with Gasteiger partial charge in [0, 0.05) is 6.42 Å². The smallest absolute Gasteiger partial charge is 0.227 e. The molecule has 0 aliphatic rings. The molecule has 5 nitrogen and oxygen atoms in total. The molecule has 0 radical (unpaired) electrons. The lowest BCUT2D eigenvalue weighted by atomic mass is 10.3. The van der Waals surface area contributed by atoms with Crippen molar-refractivity contribution in [2.45, 2.75) is 17.9 Å². The fourth-order valence-corrected chi connectivity index (χ4v) is 3.18. The van der Waals surface area contributed by atoms with Gasteiger partial charge >= 0.3 is 0 Å². The van der Waals surface area contributed by atoms with Crippen molar-refractivity contribution < 1.29 is 4.52 Å². The summed E-state index contributed by atoms with van der Waals surface area (Å²) in [6, 6.07) is 7.76. The zero-order chi connectivity index (χ0) is 14.5. The predicted molar refractivity (Wildman–Crippen MR) is 85.3 cm³/mol. The second kappa shape index (κ2) is 6.73. The topological polar surface area (TPSA) is 77.8 Å². The molecule has 0 aromatic carbocycles. The van der Waals surface area contributed by atoms with E-state index < -0.39 is 0 Å². The second-order valence-corrected chi connectivity index (χ2v) is 6.43. The van der Waals surface area contributed by atoms with Crippen LogP contribution >= 0.6 is 23.1 Å². The highest BCUT2D eigenvalue weighted by molar-refractivity contribution is 7.99. The molecule has 3 aromatic rings. The van der Waals surface area contributed by atoms with Gasteiger partial charge in [-0.15, -0.1) is 23.1 Å². The van der Waals surface area contributed by atoms with Gasteiger partial charge in [-0.25, -0.2) is 4.98 Å². The van der Waals surface area contributed by atoms with Gasteiger partial charge in [0.15, 0.2) is 0 Å². The molecule has 0 atom stereocenters. The van der Waals surface area contributed by atoms with Crippen LogP contribution in [0, 0.1) is 0 Å². The molecule has 0 spiro atoms. The van der Waals surface area contributed by atoms with Crippen molar-refractivity contribution in [1.29, 1.82) is 0 Å². The number of pyridine rings is 1. The van der Waals surface area contributed by atoms with Gasteiger partial charge in [-0.1, -0.05) is 11.2 Å². The summed E-state index contributed by atoms with van der Waals surface area (Å²) in [5.41, 5.74) is 6.29. The van der Waals surface area contributed by atoms with Crippen molar-refractivity contribution in [2.24, 2.45) is 0 Å². The van der Waals surface area contributed by atoms with E-state index in [4.69, 9.17) is 10.3 Å². The normalized spacial score (nSPS) is 10.9. The Morgan fingerprint density at radius 1 is 1.29 bits per heavy atom. The summed E-state index contributed by atoms with van der Waals surface area (Å²) in [4.78, 5) is 9.68. The molecular weight excluding hydrogens is 304 g/mol. The molecule has 2 N–H and O–H groups in total. The van der Waals surface area contributed by atoms with Crippen molar-refractivity contribution in [3.63, 3.8) is 0 Å². The first-order valence-electron chi connectivity index (χ1n) is 6.52. The van der Waals surface area contributed by atoms with Crippen LogP contribution in [0.15, 0.2) is 45.4 Å². The average molecular weight is 318 g/mol. The lowest BCUT2D eigenvalue weighted by Gasteiger charge is -1.99. The Morgan fingerprint density at radius 2 is 2.24 bits per heavy atom. The molecule has 0 amide bonds. The molecule has 0 bridgehead atoms. The Bertz CT molecular complexity index is 679. The molecule has 0 unspecified atom stereocenters. The van der Waals surface area contributed by atoms with E-state index in [1.54, 1.807) is 29.3 Å². The molecule has 0 fully saturated rings. The number of hydrogen-bond donors (Lipinski definition) is 1. The number of rotatable bonds is 6. The fraction of sp³-hybridized carbons (Fsp3) is 0.214. The van der Waals surface area contributed by atoms with Gasteiger partial charge in [0.25, 0.3) is 0 Å². The zero-order valence-corrected chi connectivity index (χ0v) is 12.9. The largest absolute Gasteiger partial charge is 0.397 e. The summed E-state index contributed by atoms with van der Waals surface area (Å²) in [7, 11) is 0. The highest BCUT2D eigenvalue weighted by atomic mass is 32.2. The number of thiophene rings is 1. The van der Waals surface area contributed by atoms with Gasteiger partial charge in [-0.3, -0.25) is 0 Å². The molecule has 3 heterocycles. The van der Waals surface area contributed by atoms with Crippen LogP contribution < -0.4 is 5.73 Å². The molecule has 0 aliphatic carbocycles. The molecular formula is C14H14N4OS2. The Morgan fingerprint density at radius 3 is 3.00 bits per heavy atom. The first-order chi connectivity index (χ1) is 10.3. The van der Waals surface area contributed by atoms with Crippen LogP contribution in [0.5, 0.6) is 0 Å². The van der Waals surface area contributed by atoms with E-state index in [2.05, 4.69) is 15.1 Å². The van der Waals surface area contributed by atoms with E-state index in [-0.39, 0.29) is 0 Å². The molecule has 0 aliphatic heterocycles. The third kappa shape index (κ3) is 3.83. The van der Waals surface area contributed by atoms with Crippen molar-refractivity contribution in [3.8, 4) is 10.7 Å². The Kier molecular flexibility index (Phi) is 4.52. The molecule has 0 saturated carbocycles. The first-order valence-corrected chi connectivity index (χ1v) is 8.38. The Labute approximate surface area is 130 Å². The minimum absolute atomic E-state index is 0.674. The molecule has 108 valence electrons. The molecule has 3 rings (SSSR count). The average Bonchev–Trinajstić information content (AvgIpc) is 3.16. The fourth-order valence-electron chi connectivity index (χ4n) is 1.74. The lowest BCUT2D eigenvalue weighted by molar-refractivity contribution is 0.378. The number of hydrogen-bond acceptors (Lipinski definition) is 7. The Hall–Kier alpha value is -1.86.